The fourth-order valence-electron chi connectivity index (χ4n) is 3.11. The number of hydrogen-bond acceptors (Lipinski definition) is 12. The molecule has 0 aromatic heterocycles. The van der Waals surface area contributed by atoms with Gasteiger partial charge in [0.1, 0.15) is 23.3 Å². The molecule has 232 valence electrons. The zero-order chi connectivity index (χ0) is 31.4. The maximum Gasteiger partial charge on any atom is 0.514 e. The Balaban J connectivity index is 3.04. The van der Waals surface area contributed by atoms with E-state index in [0.717, 1.165) is 0 Å². The van der Waals surface area contributed by atoms with E-state index in [1.54, 1.807) is 54.5 Å². The molecule has 0 heterocycles. The molecule has 0 aliphatic heterocycles. The van der Waals surface area contributed by atoms with Crippen LogP contribution in [0, 0.1) is 5.92 Å². The van der Waals surface area contributed by atoms with Crippen LogP contribution in [0.15, 0.2) is 18.2 Å². The van der Waals surface area contributed by atoms with Gasteiger partial charge in [-0.3, -0.25) is 4.79 Å². The van der Waals surface area contributed by atoms with Gasteiger partial charge in [0.2, 0.25) is 0 Å². The van der Waals surface area contributed by atoms with Crippen LogP contribution in [0.2, 0.25) is 0 Å². The summed E-state index contributed by atoms with van der Waals surface area (Å²) in [6, 6.07) is 3.58. The number of esters is 1. The highest BCUT2D eigenvalue weighted by atomic mass is 16.8. The zero-order valence-electron chi connectivity index (χ0n) is 25.8. The molecule has 2 atom stereocenters. The molecule has 0 radical (unpaired) electrons. The van der Waals surface area contributed by atoms with E-state index in [2.05, 4.69) is 5.32 Å². The normalized spacial score (nSPS) is 13.0. The van der Waals surface area contributed by atoms with Crippen molar-refractivity contribution in [1.82, 2.24) is 5.32 Å². The van der Waals surface area contributed by atoms with E-state index >= 15 is 0 Å². The first-order valence-electron chi connectivity index (χ1n) is 13.5. The van der Waals surface area contributed by atoms with Crippen LogP contribution in [-0.2, 0) is 34.9 Å². The van der Waals surface area contributed by atoms with Gasteiger partial charge in [0.15, 0.2) is 11.5 Å². The van der Waals surface area contributed by atoms with Gasteiger partial charge in [-0.25, -0.2) is 14.4 Å². The van der Waals surface area contributed by atoms with E-state index in [4.69, 9.17) is 33.2 Å². The summed E-state index contributed by atoms with van der Waals surface area (Å²) in [5.41, 5.74) is -1.11. The van der Waals surface area contributed by atoms with Crippen molar-refractivity contribution < 1.29 is 52.3 Å². The molecule has 0 spiro atoms. The smallest absolute Gasteiger partial charge is 0.468 e. The summed E-state index contributed by atoms with van der Waals surface area (Å²) in [6.07, 6.45) is -2.60. The topological polar surface area (TPSA) is 145 Å². The number of nitrogens with one attached hydrogen (secondary N) is 1. The Hall–Kier alpha value is -3.54. The van der Waals surface area contributed by atoms with Crippen molar-refractivity contribution in [3.05, 3.63) is 23.8 Å². The van der Waals surface area contributed by atoms with Gasteiger partial charge in [0.25, 0.3) is 0 Å². The van der Waals surface area contributed by atoms with E-state index in [9.17, 15) is 19.2 Å². The molecule has 1 aromatic carbocycles. The Morgan fingerprint density at radius 2 is 1.39 bits per heavy atom. The molecule has 0 amide bonds. The number of carbonyl (C=O) groups excluding carboxylic acids is 4. The van der Waals surface area contributed by atoms with Crippen molar-refractivity contribution in [2.45, 2.75) is 98.5 Å². The molecule has 0 bridgehead atoms. The van der Waals surface area contributed by atoms with E-state index in [-0.39, 0.29) is 31.1 Å². The van der Waals surface area contributed by atoms with Gasteiger partial charge in [-0.05, 0) is 84.9 Å². The molecule has 12 heteroatoms. The third-order valence-corrected chi connectivity index (χ3v) is 4.96. The Labute approximate surface area is 242 Å². The summed E-state index contributed by atoms with van der Waals surface area (Å²) in [5, 5.41) is 3.02. The number of benzene rings is 1. The molecular formula is C29H45NO11. The molecule has 1 N–H and O–H groups in total. The first kappa shape index (κ1) is 35.5. The summed E-state index contributed by atoms with van der Waals surface area (Å²) in [4.78, 5) is 49.1. The van der Waals surface area contributed by atoms with Crippen molar-refractivity contribution in [3.8, 4) is 11.5 Å². The zero-order valence-corrected chi connectivity index (χ0v) is 25.8. The predicted molar refractivity (Wildman–Crippen MR) is 149 cm³/mol. The summed E-state index contributed by atoms with van der Waals surface area (Å²) in [5.74, 6) is -0.391. The van der Waals surface area contributed by atoms with Crippen LogP contribution >= 0.6 is 0 Å². The van der Waals surface area contributed by atoms with Gasteiger partial charge in [0.05, 0.1) is 13.7 Å². The lowest BCUT2D eigenvalue weighted by Crippen LogP contribution is -2.43. The Kier molecular flexibility index (Phi) is 13.9. The van der Waals surface area contributed by atoms with Crippen LogP contribution in [0.25, 0.3) is 0 Å². The molecule has 0 aliphatic carbocycles. The average Bonchev–Trinajstić information content (AvgIpc) is 2.80. The number of rotatable bonds is 12. The minimum absolute atomic E-state index is 0.0885. The van der Waals surface area contributed by atoms with Crippen LogP contribution in [0.5, 0.6) is 11.5 Å². The second kappa shape index (κ2) is 16.0. The van der Waals surface area contributed by atoms with Crippen LogP contribution in [0.4, 0.5) is 14.4 Å². The lowest BCUT2D eigenvalue weighted by atomic mass is 10.0. The molecule has 1 rings (SSSR count). The lowest BCUT2D eigenvalue weighted by molar-refractivity contribution is -0.143. The SMILES string of the molecule is COC(=O)[C@H](Cc1ccc(OC(=O)OC(C)(C)C)c(OC(=O)OC(C)(C)C)c1)NCC(C)OC(=O)OCCC(C)C. The molecule has 0 saturated heterocycles. The third kappa shape index (κ3) is 15.7. The maximum atomic E-state index is 12.5. The summed E-state index contributed by atoms with van der Waals surface area (Å²) < 4.78 is 36.2. The van der Waals surface area contributed by atoms with Gasteiger partial charge in [-0.15, -0.1) is 0 Å². The molecule has 1 unspecified atom stereocenters. The van der Waals surface area contributed by atoms with Crippen molar-refractivity contribution in [3.63, 3.8) is 0 Å². The van der Waals surface area contributed by atoms with E-state index < -0.39 is 47.8 Å². The standard InChI is InChI=1S/C29H45NO11/c1-18(2)13-14-36-25(32)37-19(3)17-30-21(24(31)35-10)15-20-11-12-22(38-26(33)40-28(4,5)6)23(16-20)39-27(34)41-29(7,8)9/h11-12,16,18-19,21,30H,13-15,17H2,1-10H3/t19?,21-/m0/s1. The first-order chi connectivity index (χ1) is 18.9. The van der Waals surface area contributed by atoms with E-state index in [1.807, 2.05) is 13.8 Å². The van der Waals surface area contributed by atoms with Crippen LogP contribution in [0.1, 0.15) is 74.3 Å². The van der Waals surface area contributed by atoms with Crippen molar-refractivity contribution >= 4 is 24.4 Å². The number of methoxy groups -OCH3 is 1. The first-order valence-corrected chi connectivity index (χ1v) is 13.5. The second-order valence-corrected chi connectivity index (χ2v) is 11.8. The number of carbonyl (C=O) groups is 4. The second-order valence-electron chi connectivity index (χ2n) is 11.8. The Morgan fingerprint density at radius 1 is 0.829 bits per heavy atom. The molecular weight excluding hydrogens is 538 g/mol. The quantitative estimate of drug-likeness (QED) is 0.186. The van der Waals surface area contributed by atoms with Crippen LogP contribution < -0.4 is 14.8 Å². The van der Waals surface area contributed by atoms with Gasteiger partial charge >= 0.3 is 24.4 Å². The van der Waals surface area contributed by atoms with Crippen LogP contribution in [0.3, 0.4) is 0 Å². The number of hydrogen-bond donors (Lipinski definition) is 1. The number of ether oxygens (including phenoxy) is 7. The molecule has 0 fully saturated rings. The van der Waals surface area contributed by atoms with Crippen LogP contribution in [-0.4, -0.2) is 68.0 Å². The lowest BCUT2D eigenvalue weighted by Gasteiger charge is -2.22. The highest BCUT2D eigenvalue weighted by Crippen LogP contribution is 2.31. The third-order valence-electron chi connectivity index (χ3n) is 4.96. The monoisotopic (exact) mass is 583 g/mol. The highest BCUT2D eigenvalue weighted by molar-refractivity contribution is 5.76. The predicted octanol–water partition coefficient (Wildman–Crippen LogP) is 5.58. The molecule has 12 nitrogen and oxygen atoms in total. The molecule has 0 aliphatic rings. The molecule has 0 saturated carbocycles. The summed E-state index contributed by atoms with van der Waals surface area (Å²) >= 11 is 0. The van der Waals surface area contributed by atoms with Crippen molar-refractivity contribution in [1.29, 1.82) is 0 Å². The highest BCUT2D eigenvalue weighted by Gasteiger charge is 2.26. The van der Waals surface area contributed by atoms with Crippen molar-refractivity contribution in [2.24, 2.45) is 5.92 Å². The maximum absolute atomic E-state index is 12.5. The van der Waals surface area contributed by atoms with Gasteiger partial charge in [0, 0.05) is 6.54 Å². The van der Waals surface area contributed by atoms with E-state index in [0.29, 0.717) is 17.9 Å². The minimum atomic E-state index is -1.02. The van der Waals surface area contributed by atoms with Crippen molar-refractivity contribution in [2.75, 3.05) is 20.3 Å². The fraction of sp³-hybridized carbons (Fsp3) is 0.655. The Bertz CT molecular complexity index is 1020. The summed E-state index contributed by atoms with van der Waals surface area (Å²) in [7, 11) is 1.25. The minimum Gasteiger partial charge on any atom is -0.468 e. The Morgan fingerprint density at radius 3 is 1.90 bits per heavy atom. The van der Waals surface area contributed by atoms with Gasteiger partial charge in [-0.1, -0.05) is 19.9 Å². The summed E-state index contributed by atoms with van der Waals surface area (Å²) in [6.45, 7) is 16.1. The molecule has 41 heavy (non-hydrogen) atoms. The van der Waals surface area contributed by atoms with E-state index in [1.165, 1.54) is 19.2 Å². The fourth-order valence-corrected chi connectivity index (χ4v) is 3.11. The molecule has 1 aromatic rings. The average molecular weight is 584 g/mol. The van der Waals surface area contributed by atoms with Gasteiger partial charge < -0.3 is 38.5 Å². The van der Waals surface area contributed by atoms with Gasteiger partial charge in [-0.2, -0.15) is 0 Å². The largest absolute Gasteiger partial charge is 0.514 e.